The van der Waals surface area contributed by atoms with E-state index in [4.69, 9.17) is 0 Å². The quantitative estimate of drug-likeness (QED) is 0.649. The highest BCUT2D eigenvalue weighted by Gasteiger charge is 2.11. The van der Waals surface area contributed by atoms with E-state index in [0.717, 1.165) is 18.3 Å². The molecule has 0 aromatic rings. The van der Waals surface area contributed by atoms with Crippen LogP contribution >= 0.6 is 15.9 Å². The Morgan fingerprint density at radius 1 is 1.33 bits per heavy atom. The summed E-state index contributed by atoms with van der Waals surface area (Å²) in [5.41, 5.74) is 0. The zero-order valence-corrected chi connectivity index (χ0v) is 9.15. The van der Waals surface area contributed by atoms with Gasteiger partial charge in [0.05, 0.1) is 6.54 Å². The lowest BCUT2D eigenvalue weighted by atomic mass is 10.1. The van der Waals surface area contributed by atoms with Crippen molar-refractivity contribution in [2.75, 3.05) is 25.5 Å². The van der Waals surface area contributed by atoms with Gasteiger partial charge in [0, 0.05) is 11.9 Å². The van der Waals surface area contributed by atoms with E-state index in [1.54, 1.807) is 11.9 Å². The van der Waals surface area contributed by atoms with Crippen LogP contribution in [0.3, 0.4) is 0 Å². The average molecular weight is 244 g/mol. The molecule has 0 rings (SSSR count). The molecule has 0 heterocycles. The van der Waals surface area contributed by atoms with Crippen molar-refractivity contribution in [1.29, 1.82) is 0 Å². The van der Waals surface area contributed by atoms with Gasteiger partial charge in [0.15, 0.2) is 0 Å². The standard InChI is InChI=1S/C8H16BrF2N/c1-3-7(4-9)5-12(2)6-8(10)11/h7-8H,3-6H2,1-2H3. The lowest BCUT2D eigenvalue weighted by molar-refractivity contribution is 0.0945. The van der Waals surface area contributed by atoms with Gasteiger partial charge in [-0.2, -0.15) is 0 Å². The molecule has 0 N–H and O–H groups in total. The fourth-order valence-electron chi connectivity index (χ4n) is 1.04. The molecule has 0 radical (unpaired) electrons. The van der Waals surface area contributed by atoms with E-state index in [0.29, 0.717) is 5.92 Å². The molecular weight excluding hydrogens is 228 g/mol. The summed E-state index contributed by atoms with van der Waals surface area (Å²) >= 11 is 3.36. The van der Waals surface area contributed by atoms with Crippen molar-refractivity contribution in [1.82, 2.24) is 4.90 Å². The molecule has 74 valence electrons. The van der Waals surface area contributed by atoms with Crippen molar-refractivity contribution >= 4 is 15.9 Å². The maximum absolute atomic E-state index is 11.9. The zero-order chi connectivity index (χ0) is 9.56. The van der Waals surface area contributed by atoms with Crippen molar-refractivity contribution in [3.05, 3.63) is 0 Å². The molecule has 1 atom stereocenters. The molecule has 0 aromatic carbocycles. The van der Waals surface area contributed by atoms with Crippen molar-refractivity contribution < 1.29 is 8.78 Å². The third-order valence-electron chi connectivity index (χ3n) is 1.82. The van der Waals surface area contributed by atoms with Crippen LogP contribution in [0, 0.1) is 5.92 Å². The second-order valence-corrected chi connectivity index (χ2v) is 3.69. The third-order valence-corrected chi connectivity index (χ3v) is 2.73. The summed E-state index contributed by atoms with van der Waals surface area (Å²) in [5, 5.41) is 0.886. The summed E-state index contributed by atoms with van der Waals surface area (Å²) in [6, 6.07) is 0. The molecule has 0 aromatic heterocycles. The lowest BCUT2D eigenvalue weighted by Gasteiger charge is -2.20. The summed E-state index contributed by atoms with van der Waals surface area (Å²) in [7, 11) is 1.73. The molecule has 0 fully saturated rings. The number of rotatable bonds is 6. The van der Waals surface area contributed by atoms with Gasteiger partial charge in [-0.3, -0.25) is 0 Å². The van der Waals surface area contributed by atoms with Gasteiger partial charge < -0.3 is 4.90 Å². The highest BCUT2D eigenvalue weighted by atomic mass is 79.9. The molecule has 4 heteroatoms. The van der Waals surface area contributed by atoms with E-state index in [-0.39, 0.29) is 6.54 Å². The van der Waals surface area contributed by atoms with Gasteiger partial charge in [0.2, 0.25) is 0 Å². The molecule has 0 aliphatic heterocycles. The first-order valence-electron chi connectivity index (χ1n) is 4.12. The largest absolute Gasteiger partial charge is 0.301 e. The van der Waals surface area contributed by atoms with Crippen LogP contribution in [0.25, 0.3) is 0 Å². The van der Waals surface area contributed by atoms with Gasteiger partial charge in [-0.15, -0.1) is 0 Å². The smallest absolute Gasteiger partial charge is 0.251 e. The molecule has 0 bridgehead atoms. The minimum Gasteiger partial charge on any atom is -0.301 e. The number of hydrogen-bond donors (Lipinski definition) is 0. The van der Waals surface area contributed by atoms with Crippen molar-refractivity contribution in [2.24, 2.45) is 5.92 Å². The molecule has 12 heavy (non-hydrogen) atoms. The molecule has 0 spiro atoms. The zero-order valence-electron chi connectivity index (χ0n) is 7.56. The molecule has 1 nitrogen and oxygen atoms in total. The maximum Gasteiger partial charge on any atom is 0.251 e. The topological polar surface area (TPSA) is 3.24 Å². The van der Waals surface area contributed by atoms with Crippen LogP contribution in [0.4, 0.5) is 8.78 Å². The van der Waals surface area contributed by atoms with E-state index >= 15 is 0 Å². The first kappa shape index (κ1) is 12.3. The Morgan fingerprint density at radius 2 is 1.92 bits per heavy atom. The summed E-state index contributed by atoms with van der Waals surface area (Å²) in [4.78, 5) is 1.68. The summed E-state index contributed by atoms with van der Waals surface area (Å²) in [6.07, 6.45) is -1.19. The van der Waals surface area contributed by atoms with Crippen LogP contribution in [-0.4, -0.2) is 36.8 Å². The molecule has 0 saturated carbocycles. The predicted octanol–water partition coefficient (Wildman–Crippen LogP) is 2.60. The fourth-order valence-corrected chi connectivity index (χ4v) is 1.70. The SMILES string of the molecule is CCC(CBr)CN(C)CC(F)F. The summed E-state index contributed by atoms with van der Waals surface area (Å²) in [6.45, 7) is 2.69. The second kappa shape index (κ2) is 6.78. The fraction of sp³-hybridized carbons (Fsp3) is 1.00. The number of nitrogens with zero attached hydrogens (tertiary/aromatic N) is 1. The third kappa shape index (κ3) is 5.89. The van der Waals surface area contributed by atoms with Gasteiger partial charge in [0.25, 0.3) is 6.43 Å². The van der Waals surface area contributed by atoms with Crippen LogP contribution in [0.2, 0.25) is 0 Å². The Labute approximate surface area is 81.3 Å². The highest BCUT2D eigenvalue weighted by molar-refractivity contribution is 9.09. The molecule has 0 saturated heterocycles. The normalized spacial score (nSPS) is 14.2. The minimum atomic E-state index is -2.22. The lowest BCUT2D eigenvalue weighted by Crippen LogP contribution is -2.30. The van der Waals surface area contributed by atoms with Crippen LogP contribution in [0.15, 0.2) is 0 Å². The van der Waals surface area contributed by atoms with Crippen molar-refractivity contribution in [3.63, 3.8) is 0 Å². The van der Waals surface area contributed by atoms with Crippen molar-refractivity contribution in [2.45, 2.75) is 19.8 Å². The van der Waals surface area contributed by atoms with Gasteiger partial charge in [-0.25, -0.2) is 8.78 Å². The van der Waals surface area contributed by atoms with Gasteiger partial charge in [-0.1, -0.05) is 29.3 Å². The first-order valence-corrected chi connectivity index (χ1v) is 5.24. The minimum absolute atomic E-state index is 0.122. The van der Waals surface area contributed by atoms with Crippen LogP contribution in [0.5, 0.6) is 0 Å². The van der Waals surface area contributed by atoms with E-state index in [2.05, 4.69) is 22.9 Å². The average Bonchev–Trinajstić information content (AvgIpc) is 1.98. The van der Waals surface area contributed by atoms with E-state index in [1.807, 2.05) is 0 Å². The van der Waals surface area contributed by atoms with Gasteiger partial charge >= 0.3 is 0 Å². The Balaban J connectivity index is 3.58. The van der Waals surface area contributed by atoms with Crippen LogP contribution < -0.4 is 0 Å². The van der Waals surface area contributed by atoms with E-state index in [9.17, 15) is 8.78 Å². The van der Waals surface area contributed by atoms with Crippen LogP contribution in [0.1, 0.15) is 13.3 Å². The molecule has 1 unspecified atom stereocenters. The molecule has 0 aliphatic rings. The monoisotopic (exact) mass is 243 g/mol. The molecule has 0 amide bonds. The van der Waals surface area contributed by atoms with Gasteiger partial charge in [0.1, 0.15) is 0 Å². The Kier molecular flexibility index (Phi) is 6.95. The van der Waals surface area contributed by atoms with E-state index in [1.165, 1.54) is 0 Å². The van der Waals surface area contributed by atoms with Crippen molar-refractivity contribution in [3.8, 4) is 0 Å². The molecular formula is C8H16BrF2N. The summed E-state index contributed by atoms with van der Waals surface area (Å²) in [5.74, 6) is 0.480. The second-order valence-electron chi connectivity index (χ2n) is 3.04. The Bertz CT molecular complexity index is 107. The Hall–Kier alpha value is 0.300. The molecule has 0 aliphatic carbocycles. The maximum atomic E-state index is 11.9. The Morgan fingerprint density at radius 3 is 2.25 bits per heavy atom. The number of hydrogen-bond acceptors (Lipinski definition) is 1. The predicted molar refractivity (Wildman–Crippen MR) is 51.1 cm³/mol. The number of alkyl halides is 3. The van der Waals surface area contributed by atoms with Gasteiger partial charge in [-0.05, 0) is 13.0 Å². The highest BCUT2D eigenvalue weighted by Crippen LogP contribution is 2.08. The van der Waals surface area contributed by atoms with E-state index < -0.39 is 6.43 Å². The number of halogens is 3. The summed E-state index contributed by atoms with van der Waals surface area (Å²) < 4.78 is 23.8. The first-order chi connectivity index (χ1) is 5.60. The van der Waals surface area contributed by atoms with Crippen LogP contribution in [-0.2, 0) is 0 Å².